The number of piperazine rings is 1. The lowest BCUT2D eigenvalue weighted by atomic mass is 10.1. The molecule has 1 fully saturated rings. The standard InChI is InChI=1S/C12H20N2S/c1-11(12-3-2-10-15-12)4-7-14-8-5-13-6-9-14/h2-3,10-11,13H,4-9H2,1H3. The van der Waals surface area contributed by atoms with Crippen LogP contribution >= 0.6 is 11.3 Å². The number of nitrogens with zero attached hydrogens (tertiary/aromatic N) is 1. The SMILES string of the molecule is CC(CCN1CCNCC1)c1cccs1. The molecule has 1 aromatic rings. The van der Waals surface area contributed by atoms with Crippen LogP contribution in [-0.2, 0) is 0 Å². The van der Waals surface area contributed by atoms with Crippen molar-refractivity contribution in [3.63, 3.8) is 0 Å². The third-order valence-electron chi connectivity index (χ3n) is 3.12. The second kappa shape index (κ2) is 5.64. The Morgan fingerprint density at radius 2 is 2.27 bits per heavy atom. The average molecular weight is 224 g/mol. The van der Waals surface area contributed by atoms with Crippen molar-refractivity contribution in [2.45, 2.75) is 19.3 Å². The molecule has 2 heterocycles. The van der Waals surface area contributed by atoms with Gasteiger partial charge in [0.05, 0.1) is 0 Å². The minimum Gasteiger partial charge on any atom is -0.314 e. The summed E-state index contributed by atoms with van der Waals surface area (Å²) in [4.78, 5) is 4.10. The van der Waals surface area contributed by atoms with Crippen LogP contribution in [0.1, 0.15) is 24.1 Å². The molecule has 1 aliphatic heterocycles. The van der Waals surface area contributed by atoms with Crippen LogP contribution in [0.25, 0.3) is 0 Å². The van der Waals surface area contributed by atoms with Crippen molar-refractivity contribution in [2.75, 3.05) is 32.7 Å². The van der Waals surface area contributed by atoms with Crippen LogP contribution < -0.4 is 5.32 Å². The second-order valence-corrected chi connectivity index (χ2v) is 5.28. The van der Waals surface area contributed by atoms with Crippen molar-refractivity contribution >= 4 is 11.3 Å². The van der Waals surface area contributed by atoms with Crippen molar-refractivity contribution in [2.24, 2.45) is 0 Å². The maximum atomic E-state index is 3.39. The van der Waals surface area contributed by atoms with Gasteiger partial charge in [-0.3, -0.25) is 0 Å². The highest BCUT2D eigenvalue weighted by Gasteiger charge is 2.12. The third kappa shape index (κ3) is 3.30. The first-order chi connectivity index (χ1) is 7.36. The summed E-state index contributed by atoms with van der Waals surface area (Å²) in [6, 6.07) is 4.41. The Morgan fingerprint density at radius 3 is 2.93 bits per heavy atom. The van der Waals surface area contributed by atoms with Crippen LogP contribution in [0.3, 0.4) is 0 Å². The second-order valence-electron chi connectivity index (χ2n) is 4.30. The number of hydrogen-bond acceptors (Lipinski definition) is 3. The van der Waals surface area contributed by atoms with Gasteiger partial charge in [0.15, 0.2) is 0 Å². The lowest BCUT2D eigenvalue weighted by Gasteiger charge is -2.28. The Kier molecular flexibility index (Phi) is 4.18. The van der Waals surface area contributed by atoms with Gasteiger partial charge in [-0.25, -0.2) is 0 Å². The molecule has 2 rings (SSSR count). The first-order valence-corrected chi connectivity index (χ1v) is 6.70. The molecule has 0 spiro atoms. The Bertz CT molecular complexity index is 265. The monoisotopic (exact) mass is 224 g/mol. The van der Waals surface area contributed by atoms with E-state index in [0.717, 1.165) is 19.0 Å². The van der Waals surface area contributed by atoms with E-state index >= 15 is 0 Å². The van der Waals surface area contributed by atoms with Crippen LogP contribution in [0.15, 0.2) is 17.5 Å². The van der Waals surface area contributed by atoms with Gasteiger partial charge in [-0.15, -0.1) is 11.3 Å². The van der Waals surface area contributed by atoms with E-state index in [9.17, 15) is 0 Å². The lowest BCUT2D eigenvalue weighted by molar-refractivity contribution is 0.234. The van der Waals surface area contributed by atoms with Crippen LogP contribution in [0.5, 0.6) is 0 Å². The normalized spacial score (nSPS) is 20.3. The van der Waals surface area contributed by atoms with Gasteiger partial charge in [-0.05, 0) is 30.3 Å². The smallest absolute Gasteiger partial charge is 0.0107 e. The first kappa shape index (κ1) is 11.1. The Hall–Kier alpha value is -0.380. The van der Waals surface area contributed by atoms with Crippen molar-refractivity contribution in [1.29, 1.82) is 0 Å². The highest BCUT2D eigenvalue weighted by Crippen LogP contribution is 2.23. The largest absolute Gasteiger partial charge is 0.314 e. The molecule has 0 bridgehead atoms. The summed E-state index contributed by atoms with van der Waals surface area (Å²) in [5, 5.41) is 5.57. The molecule has 15 heavy (non-hydrogen) atoms. The molecule has 1 saturated heterocycles. The van der Waals surface area contributed by atoms with E-state index in [2.05, 4.69) is 34.7 Å². The summed E-state index contributed by atoms with van der Waals surface area (Å²) in [6.45, 7) is 8.35. The zero-order valence-electron chi connectivity index (χ0n) is 9.41. The summed E-state index contributed by atoms with van der Waals surface area (Å²) in [5.41, 5.74) is 0. The Balaban J connectivity index is 1.73. The molecule has 0 aliphatic carbocycles. The van der Waals surface area contributed by atoms with E-state index < -0.39 is 0 Å². The van der Waals surface area contributed by atoms with Gasteiger partial charge < -0.3 is 10.2 Å². The zero-order chi connectivity index (χ0) is 10.5. The Labute approximate surface area is 96.3 Å². The van der Waals surface area contributed by atoms with Crippen LogP contribution in [0.4, 0.5) is 0 Å². The molecule has 1 aromatic heterocycles. The van der Waals surface area contributed by atoms with Gasteiger partial charge in [-0.2, -0.15) is 0 Å². The summed E-state index contributed by atoms with van der Waals surface area (Å²) in [6.07, 6.45) is 1.29. The van der Waals surface area contributed by atoms with Crippen molar-refractivity contribution < 1.29 is 0 Å². The van der Waals surface area contributed by atoms with Crippen molar-refractivity contribution in [3.8, 4) is 0 Å². The topological polar surface area (TPSA) is 15.3 Å². The minimum absolute atomic E-state index is 0.722. The van der Waals surface area contributed by atoms with E-state index in [1.54, 1.807) is 0 Å². The molecule has 0 amide bonds. The summed E-state index contributed by atoms with van der Waals surface area (Å²) >= 11 is 1.89. The molecule has 1 N–H and O–H groups in total. The molecule has 1 unspecified atom stereocenters. The zero-order valence-corrected chi connectivity index (χ0v) is 10.2. The first-order valence-electron chi connectivity index (χ1n) is 5.83. The van der Waals surface area contributed by atoms with Gasteiger partial charge >= 0.3 is 0 Å². The van der Waals surface area contributed by atoms with Gasteiger partial charge in [0, 0.05) is 31.1 Å². The van der Waals surface area contributed by atoms with Gasteiger partial charge in [0.1, 0.15) is 0 Å². The minimum atomic E-state index is 0.722. The maximum Gasteiger partial charge on any atom is 0.0107 e. The van der Waals surface area contributed by atoms with E-state index in [4.69, 9.17) is 0 Å². The number of rotatable bonds is 4. The fourth-order valence-corrected chi connectivity index (χ4v) is 2.85. The summed E-state index contributed by atoms with van der Waals surface area (Å²) in [7, 11) is 0. The van der Waals surface area contributed by atoms with Gasteiger partial charge in [0.25, 0.3) is 0 Å². The summed E-state index contributed by atoms with van der Waals surface area (Å²) in [5.74, 6) is 0.722. The molecule has 2 nitrogen and oxygen atoms in total. The van der Waals surface area contributed by atoms with E-state index in [1.165, 1.54) is 30.9 Å². The predicted octanol–water partition coefficient (Wildman–Crippen LogP) is 2.15. The predicted molar refractivity (Wildman–Crippen MR) is 66.7 cm³/mol. The molecule has 1 aliphatic rings. The fourth-order valence-electron chi connectivity index (χ4n) is 2.02. The molecule has 1 atom stereocenters. The Morgan fingerprint density at radius 1 is 1.47 bits per heavy atom. The highest BCUT2D eigenvalue weighted by molar-refractivity contribution is 7.10. The number of thiophene rings is 1. The molecular weight excluding hydrogens is 204 g/mol. The molecule has 3 heteroatoms. The van der Waals surface area contributed by atoms with Gasteiger partial charge in [-0.1, -0.05) is 13.0 Å². The van der Waals surface area contributed by atoms with E-state index in [0.29, 0.717) is 0 Å². The van der Waals surface area contributed by atoms with Crippen LogP contribution in [0, 0.1) is 0 Å². The maximum absolute atomic E-state index is 3.39. The lowest BCUT2D eigenvalue weighted by Crippen LogP contribution is -2.43. The van der Waals surface area contributed by atoms with Crippen LogP contribution in [-0.4, -0.2) is 37.6 Å². The number of nitrogens with one attached hydrogen (secondary N) is 1. The molecule has 0 radical (unpaired) electrons. The van der Waals surface area contributed by atoms with Gasteiger partial charge in [0.2, 0.25) is 0 Å². The average Bonchev–Trinajstić information content (AvgIpc) is 2.81. The molecule has 0 aromatic carbocycles. The summed E-state index contributed by atoms with van der Waals surface area (Å²) < 4.78 is 0. The van der Waals surface area contributed by atoms with Crippen molar-refractivity contribution in [1.82, 2.24) is 10.2 Å². The van der Waals surface area contributed by atoms with E-state index in [-0.39, 0.29) is 0 Å². The quantitative estimate of drug-likeness (QED) is 0.843. The fraction of sp³-hybridized carbons (Fsp3) is 0.667. The van der Waals surface area contributed by atoms with E-state index in [1.807, 2.05) is 11.3 Å². The van der Waals surface area contributed by atoms with Crippen LogP contribution in [0.2, 0.25) is 0 Å². The third-order valence-corrected chi connectivity index (χ3v) is 4.22. The number of hydrogen-bond donors (Lipinski definition) is 1. The molecule has 0 saturated carbocycles. The highest BCUT2D eigenvalue weighted by atomic mass is 32.1. The van der Waals surface area contributed by atoms with Crippen molar-refractivity contribution in [3.05, 3.63) is 22.4 Å². The molecule has 84 valence electrons. The molecular formula is C12H20N2S.